The third-order valence-electron chi connectivity index (χ3n) is 6.48. The molecule has 5 aromatic rings. The molecule has 0 fully saturated rings. The summed E-state index contributed by atoms with van der Waals surface area (Å²) in [4.78, 5) is 26.3. The van der Waals surface area contributed by atoms with E-state index in [9.17, 15) is 9.59 Å². The van der Waals surface area contributed by atoms with Crippen molar-refractivity contribution in [2.24, 2.45) is 5.73 Å². The van der Waals surface area contributed by atoms with E-state index in [0.717, 1.165) is 38.2 Å². The molecule has 4 heteroatoms. The number of primary amides is 1. The van der Waals surface area contributed by atoms with Crippen LogP contribution in [0.15, 0.2) is 115 Å². The van der Waals surface area contributed by atoms with Crippen LogP contribution in [-0.2, 0) is 16.0 Å². The smallest absolute Gasteiger partial charge is 0.240 e. The fraction of sp³-hybridized carbons (Fsp3) is 0.0968. The van der Waals surface area contributed by atoms with Gasteiger partial charge in [-0.25, -0.2) is 0 Å². The molecule has 0 aliphatic rings. The summed E-state index contributed by atoms with van der Waals surface area (Å²) in [5.41, 5.74) is 8.56. The lowest BCUT2D eigenvalue weighted by molar-refractivity contribution is -0.127. The van der Waals surface area contributed by atoms with Crippen LogP contribution in [0.25, 0.3) is 21.5 Å². The summed E-state index contributed by atoms with van der Waals surface area (Å²) in [6.07, 6.45) is 0.305. The van der Waals surface area contributed by atoms with Gasteiger partial charge in [0.2, 0.25) is 11.8 Å². The van der Waals surface area contributed by atoms with E-state index in [0.29, 0.717) is 6.42 Å². The zero-order valence-corrected chi connectivity index (χ0v) is 19.2. The summed E-state index contributed by atoms with van der Waals surface area (Å²) in [6.45, 7) is 0. The maximum absolute atomic E-state index is 13.7. The lowest BCUT2D eigenvalue weighted by atomic mass is 9.89. The Labute approximate surface area is 204 Å². The number of nitrogens with one attached hydrogen (secondary N) is 1. The standard InChI is InChI=1S/C31H26N2O2/c32-30(34)28(20-27-25-17-9-7-15-23(25)19-24-16-8-10-18-26(24)27)33-31(35)29(21-11-3-1-4-12-21)22-13-5-2-6-14-22/h1-19,28-29H,20H2,(H2,32,34)(H,33,35)/t28-/m1/s1. The molecule has 5 aromatic carbocycles. The summed E-state index contributed by atoms with van der Waals surface area (Å²) in [7, 11) is 0. The number of rotatable bonds is 7. The predicted molar refractivity (Wildman–Crippen MR) is 141 cm³/mol. The molecule has 0 heterocycles. The molecule has 1 atom stereocenters. The van der Waals surface area contributed by atoms with E-state index in [-0.39, 0.29) is 5.91 Å². The number of nitrogens with two attached hydrogens (primary N) is 1. The molecular formula is C31H26N2O2. The highest BCUT2D eigenvalue weighted by atomic mass is 16.2. The topological polar surface area (TPSA) is 72.2 Å². The number of hydrogen-bond donors (Lipinski definition) is 2. The minimum atomic E-state index is -0.855. The van der Waals surface area contributed by atoms with Crippen molar-refractivity contribution in [1.82, 2.24) is 5.32 Å². The van der Waals surface area contributed by atoms with Crippen LogP contribution in [0, 0.1) is 0 Å². The van der Waals surface area contributed by atoms with Crippen molar-refractivity contribution in [2.75, 3.05) is 0 Å². The fourth-order valence-electron chi connectivity index (χ4n) is 4.80. The Morgan fingerprint density at radius 3 is 1.60 bits per heavy atom. The third kappa shape index (κ3) is 4.64. The Morgan fingerprint density at radius 1 is 0.657 bits per heavy atom. The first kappa shape index (κ1) is 22.4. The SMILES string of the molecule is NC(=O)[C@@H](Cc1c2ccccc2cc2ccccc12)NC(=O)C(c1ccccc1)c1ccccc1. The van der Waals surface area contributed by atoms with Gasteiger partial charge in [0.1, 0.15) is 6.04 Å². The first-order valence-corrected chi connectivity index (χ1v) is 11.7. The Bertz CT molecular complexity index is 1400. The Morgan fingerprint density at radius 2 is 1.11 bits per heavy atom. The molecule has 0 radical (unpaired) electrons. The zero-order chi connectivity index (χ0) is 24.2. The van der Waals surface area contributed by atoms with Crippen LogP contribution in [0.1, 0.15) is 22.6 Å². The number of carbonyl (C=O) groups is 2. The molecule has 0 saturated heterocycles. The van der Waals surface area contributed by atoms with Crippen LogP contribution in [0.3, 0.4) is 0 Å². The third-order valence-corrected chi connectivity index (χ3v) is 6.48. The van der Waals surface area contributed by atoms with Gasteiger partial charge in [-0.05, 0) is 44.3 Å². The predicted octanol–water partition coefficient (Wildman–Crippen LogP) is 5.34. The highest BCUT2D eigenvalue weighted by molar-refractivity contribution is 6.03. The van der Waals surface area contributed by atoms with Gasteiger partial charge in [-0.3, -0.25) is 9.59 Å². The fourth-order valence-corrected chi connectivity index (χ4v) is 4.80. The molecule has 0 spiro atoms. The number of fused-ring (bicyclic) bond motifs is 2. The van der Waals surface area contributed by atoms with Crippen LogP contribution in [0.2, 0.25) is 0 Å². The molecule has 4 nitrogen and oxygen atoms in total. The van der Waals surface area contributed by atoms with Gasteiger partial charge in [0.05, 0.1) is 5.92 Å². The molecule has 0 aliphatic heterocycles. The molecule has 0 bridgehead atoms. The van der Waals surface area contributed by atoms with Gasteiger partial charge in [0, 0.05) is 6.42 Å². The Hall–Kier alpha value is -4.44. The number of benzene rings is 5. The quantitative estimate of drug-likeness (QED) is 0.323. The van der Waals surface area contributed by atoms with Crippen molar-refractivity contribution >= 4 is 33.4 Å². The second-order valence-electron chi connectivity index (χ2n) is 8.72. The summed E-state index contributed by atoms with van der Waals surface area (Å²) < 4.78 is 0. The summed E-state index contributed by atoms with van der Waals surface area (Å²) in [5.74, 6) is -1.37. The van der Waals surface area contributed by atoms with Gasteiger partial charge in [0.15, 0.2) is 0 Å². The van der Waals surface area contributed by atoms with E-state index in [1.807, 2.05) is 97.1 Å². The molecule has 35 heavy (non-hydrogen) atoms. The largest absolute Gasteiger partial charge is 0.368 e. The Kier molecular flexibility index (Phi) is 6.27. The van der Waals surface area contributed by atoms with Crippen LogP contribution < -0.4 is 11.1 Å². The van der Waals surface area contributed by atoms with E-state index >= 15 is 0 Å². The molecule has 5 rings (SSSR count). The molecule has 2 amide bonds. The molecule has 0 saturated carbocycles. The highest BCUT2D eigenvalue weighted by Gasteiger charge is 2.28. The first-order chi connectivity index (χ1) is 17.1. The highest BCUT2D eigenvalue weighted by Crippen LogP contribution is 2.30. The maximum Gasteiger partial charge on any atom is 0.240 e. The van der Waals surface area contributed by atoms with Crippen molar-refractivity contribution < 1.29 is 9.59 Å². The van der Waals surface area contributed by atoms with Gasteiger partial charge in [-0.15, -0.1) is 0 Å². The van der Waals surface area contributed by atoms with Gasteiger partial charge < -0.3 is 11.1 Å². The van der Waals surface area contributed by atoms with E-state index in [1.54, 1.807) is 0 Å². The molecule has 0 unspecified atom stereocenters. The minimum absolute atomic E-state index is 0.254. The summed E-state index contributed by atoms with van der Waals surface area (Å²) >= 11 is 0. The van der Waals surface area contributed by atoms with E-state index in [2.05, 4.69) is 23.5 Å². The van der Waals surface area contributed by atoms with Crippen molar-refractivity contribution in [2.45, 2.75) is 18.4 Å². The molecule has 0 aliphatic carbocycles. The number of carbonyl (C=O) groups excluding carboxylic acids is 2. The van der Waals surface area contributed by atoms with Crippen LogP contribution >= 0.6 is 0 Å². The number of hydrogen-bond acceptors (Lipinski definition) is 2. The second-order valence-corrected chi connectivity index (χ2v) is 8.72. The van der Waals surface area contributed by atoms with E-state index in [1.165, 1.54) is 0 Å². The summed E-state index contributed by atoms with van der Waals surface area (Å²) in [5, 5.41) is 7.25. The van der Waals surface area contributed by atoms with Crippen molar-refractivity contribution in [1.29, 1.82) is 0 Å². The summed E-state index contributed by atoms with van der Waals surface area (Å²) in [6, 6.07) is 36.6. The average Bonchev–Trinajstić information content (AvgIpc) is 2.89. The van der Waals surface area contributed by atoms with Gasteiger partial charge in [0.25, 0.3) is 0 Å². The second kappa shape index (κ2) is 9.82. The van der Waals surface area contributed by atoms with Crippen LogP contribution in [-0.4, -0.2) is 17.9 Å². The Balaban J connectivity index is 1.53. The monoisotopic (exact) mass is 458 g/mol. The molecular weight excluding hydrogens is 432 g/mol. The maximum atomic E-state index is 13.7. The van der Waals surface area contributed by atoms with Crippen molar-refractivity contribution in [3.63, 3.8) is 0 Å². The molecule has 0 aromatic heterocycles. The molecule has 3 N–H and O–H groups in total. The van der Waals surface area contributed by atoms with Crippen LogP contribution in [0.4, 0.5) is 0 Å². The average molecular weight is 459 g/mol. The van der Waals surface area contributed by atoms with E-state index in [4.69, 9.17) is 5.73 Å². The minimum Gasteiger partial charge on any atom is -0.368 e. The zero-order valence-electron chi connectivity index (χ0n) is 19.2. The lowest BCUT2D eigenvalue weighted by Crippen LogP contribution is -2.47. The lowest BCUT2D eigenvalue weighted by Gasteiger charge is -2.23. The van der Waals surface area contributed by atoms with Gasteiger partial charge in [-0.1, -0.05) is 109 Å². The normalized spacial score (nSPS) is 12.0. The first-order valence-electron chi connectivity index (χ1n) is 11.7. The number of amides is 2. The van der Waals surface area contributed by atoms with E-state index < -0.39 is 17.9 Å². The van der Waals surface area contributed by atoms with Crippen LogP contribution in [0.5, 0.6) is 0 Å². The van der Waals surface area contributed by atoms with Gasteiger partial charge >= 0.3 is 0 Å². The van der Waals surface area contributed by atoms with Crippen molar-refractivity contribution in [3.8, 4) is 0 Å². The van der Waals surface area contributed by atoms with Gasteiger partial charge in [-0.2, -0.15) is 0 Å². The van der Waals surface area contributed by atoms with Crippen molar-refractivity contribution in [3.05, 3.63) is 132 Å². The molecule has 172 valence electrons.